The van der Waals surface area contributed by atoms with Gasteiger partial charge in [0.15, 0.2) is 0 Å². The zero-order valence-electron chi connectivity index (χ0n) is 13.5. The molecule has 0 radical (unpaired) electrons. The van der Waals surface area contributed by atoms with Gasteiger partial charge in [-0.05, 0) is 11.5 Å². The molecule has 2 rings (SSSR count). The number of nitrogens with two attached hydrogens (primary N) is 1. The largest absolute Gasteiger partial charge is 0.377 e. The van der Waals surface area contributed by atoms with E-state index in [2.05, 4.69) is 30.9 Å². The Morgan fingerprint density at radius 3 is 2.00 bits per heavy atom. The number of ether oxygens (including phenoxy) is 2. The number of nitrogens with zero attached hydrogens (tertiary/aromatic N) is 1. The summed E-state index contributed by atoms with van der Waals surface area (Å²) in [6.07, 6.45) is 0.249. The molecule has 1 aliphatic rings. The molecule has 2 N–H and O–H groups in total. The van der Waals surface area contributed by atoms with Crippen molar-refractivity contribution >= 4 is 0 Å². The molecule has 118 valence electrons. The smallest absolute Gasteiger partial charge is 0.0971 e. The number of likely N-dealkylation sites (tertiary alicyclic amines) is 1. The summed E-state index contributed by atoms with van der Waals surface area (Å²) in [5.41, 5.74) is 7.76. The number of methoxy groups -OCH3 is 2. The highest BCUT2D eigenvalue weighted by atomic mass is 16.5. The highest BCUT2D eigenvalue weighted by Crippen LogP contribution is 2.29. The van der Waals surface area contributed by atoms with Crippen molar-refractivity contribution < 1.29 is 9.47 Å². The van der Waals surface area contributed by atoms with E-state index < -0.39 is 0 Å². The van der Waals surface area contributed by atoms with Crippen LogP contribution in [0.5, 0.6) is 0 Å². The first-order valence-corrected chi connectivity index (χ1v) is 7.68. The van der Waals surface area contributed by atoms with Gasteiger partial charge in [-0.2, -0.15) is 0 Å². The fourth-order valence-corrected chi connectivity index (χ4v) is 3.40. The average Bonchev–Trinajstić information content (AvgIpc) is 2.90. The normalized spacial score (nSPS) is 26.2. The lowest BCUT2D eigenvalue weighted by Gasteiger charge is -2.35. The standard InChI is InChI=1S/C17H28N2O2/c1-12(2)17(16(18)13-8-6-5-7-9-13)19-10-14(20-3)15(11-19)21-4/h5-9,12,14-17H,10-11,18H2,1-4H3. The molecule has 4 heteroatoms. The third kappa shape index (κ3) is 3.64. The molecular weight excluding hydrogens is 264 g/mol. The van der Waals surface area contributed by atoms with Gasteiger partial charge in [0.2, 0.25) is 0 Å². The highest BCUT2D eigenvalue weighted by molar-refractivity contribution is 5.20. The third-order valence-electron chi connectivity index (χ3n) is 4.51. The molecule has 1 fully saturated rings. The minimum atomic E-state index is -0.000637. The van der Waals surface area contributed by atoms with Gasteiger partial charge in [0.25, 0.3) is 0 Å². The first kappa shape index (κ1) is 16.4. The maximum atomic E-state index is 6.57. The van der Waals surface area contributed by atoms with Crippen LogP contribution in [0.2, 0.25) is 0 Å². The Balaban J connectivity index is 2.16. The van der Waals surface area contributed by atoms with Gasteiger partial charge in [-0.15, -0.1) is 0 Å². The predicted molar refractivity (Wildman–Crippen MR) is 85.2 cm³/mol. The molecule has 1 saturated heterocycles. The predicted octanol–water partition coefficient (Wildman–Crippen LogP) is 2.06. The van der Waals surface area contributed by atoms with Crippen molar-refractivity contribution in [3.63, 3.8) is 0 Å². The van der Waals surface area contributed by atoms with E-state index in [1.807, 2.05) is 18.2 Å². The van der Waals surface area contributed by atoms with Crippen molar-refractivity contribution in [1.29, 1.82) is 0 Å². The summed E-state index contributed by atoms with van der Waals surface area (Å²) in [5.74, 6) is 0.466. The maximum Gasteiger partial charge on any atom is 0.0971 e. The molecule has 4 nitrogen and oxygen atoms in total. The summed E-state index contributed by atoms with van der Waals surface area (Å²) < 4.78 is 11.1. The fraction of sp³-hybridized carbons (Fsp3) is 0.647. The average molecular weight is 292 g/mol. The van der Waals surface area contributed by atoms with E-state index >= 15 is 0 Å². The quantitative estimate of drug-likeness (QED) is 0.872. The SMILES string of the molecule is COC1CN(C(C(C)C)C(N)c2ccccc2)CC1OC. The molecule has 1 aromatic carbocycles. The Morgan fingerprint density at radius 1 is 1.05 bits per heavy atom. The maximum absolute atomic E-state index is 6.57. The second-order valence-electron chi connectivity index (χ2n) is 6.17. The monoisotopic (exact) mass is 292 g/mol. The molecule has 1 heterocycles. The summed E-state index contributed by atoms with van der Waals surface area (Å²) in [6, 6.07) is 10.6. The molecule has 0 aromatic heterocycles. The fourth-order valence-electron chi connectivity index (χ4n) is 3.40. The number of hydrogen-bond donors (Lipinski definition) is 1. The van der Waals surface area contributed by atoms with Crippen LogP contribution in [-0.4, -0.2) is 50.5 Å². The van der Waals surface area contributed by atoms with Gasteiger partial charge < -0.3 is 15.2 Å². The molecule has 4 atom stereocenters. The summed E-state index contributed by atoms with van der Waals surface area (Å²) >= 11 is 0. The number of rotatable bonds is 6. The van der Waals surface area contributed by atoms with Gasteiger partial charge in [0.1, 0.15) is 0 Å². The van der Waals surface area contributed by atoms with Crippen LogP contribution in [0.25, 0.3) is 0 Å². The Hall–Kier alpha value is -0.940. The number of hydrogen-bond acceptors (Lipinski definition) is 4. The number of benzene rings is 1. The van der Waals surface area contributed by atoms with Crippen molar-refractivity contribution in [2.24, 2.45) is 11.7 Å². The summed E-state index contributed by atoms with van der Waals surface area (Å²) in [7, 11) is 3.50. The van der Waals surface area contributed by atoms with Crippen LogP contribution in [0.3, 0.4) is 0 Å². The van der Waals surface area contributed by atoms with Crippen LogP contribution in [-0.2, 0) is 9.47 Å². The van der Waals surface area contributed by atoms with Crippen molar-refractivity contribution in [2.45, 2.75) is 38.1 Å². The van der Waals surface area contributed by atoms with Gasteiger partial charge >= 0.3 is 0 Å². The second-order valence-corrected chi connectivity index (χ2v) is 6.17. The molecule has 0 bridgehead atoms. The van der Waals surface area contributed by atoms with E-state index in [0.29, 0.717) is 5.92 Å². The lowest BCUT2D eigenvalue weighted by Crippen LogP contribution is -2.45. The Kier molecular flexibility index (Phi) is 5.76. The Morgan fingerprint density at radius 2 is 1.57 bits per heavy atom. The molecule has 4 unspecified atom stereocenters. The van der Waals surface area contributed by atoms with Gasteiger partial charge in [0.05, 0.1) is 12.2 Å². The molecule has 0 aliphatic carbocycles. The van der Waals surface area contributed by atoms with Crippen molar-refractivity contribution in [3.8, 4) is 0 Å². The van der Waals surface area contributed by atoms with E-state index in [1.54, 1.807) is 14.2 Å². The summed E-state index contributed by atoms with van der Waals surface area (Å²) in [5, 5.41) is 0. The van der Waals surface area contributed by atoms with Gasteiger partial charge in [-0.3, -0.25) is 4.90 Å². The van der Waals surface area contributed by atoms with Gasteiger partial charge in [-0.1, -0.05) is 44.2 Å². The molecule has 1 aliphatic heterocycles. The molecular formula is C17H28N2O2. The van der Waals surface area contributed by atoms with Crippen LogP contribution < -0.4 is 5.73 Å². The van der Waals surface area contributed by atoms with E-state index in [0.717, 1.165) is 13.1 Å². The molecule has 0 spiro atoms. The third-order valence-corrected chi connectivity index (χ3v) is 4.51. The zero-order chi connectivity index (χ0) is 15.4. The Bertz CT molecular complexity index is 412. The van der Waals surface area contributed by atoms with Crippen LogP contribution in [0.1, 0.15) is 25.5 Å². The molecule has 21 heavy (non-hydrogen) atoms. The molecule has 1 aromatic rings. The molecule has 0 amide bonds. The minimum absolute atomic E-state index is 0.000637. The van der Waals surface area contributed by atoms with Gasteiger partial charge in [0, 0.05) is 39.4 Å². The van der Waals surface area contributed by atoms with E-state index in [9.17, 15) is 0 Å². The lowest BCUT2D eigenvalue weighted by atomic mass is 9.90. The van der Waals surface area contributed by atoms with E-state index in [-0.39, 0.29) is 24.3 Å². The first-order chi connectivity index (χ1) is 10.1. The van der Waals surface area contributed by atoms with Crippen molar-refractivity contribution in [1.82, 2.24) is 4.90 Å². The topological polar surface area (TPSA) is 47.7 Å². The first-order valence-electron chi connectivity index (χ1n) is 7.68. The lowest BCUT2D eigenvalue weighted by molar-refractivity contribution is -0.00461. The minimum Gasteiger partial charge on any atom is -0.377 e. The second kappa shape index (κ2) is 7.36. The van der Waals surface area contributed by atoms with Crippen LogP contribution in [0, 0.1) is 5.92 Å². The van der Waals surface area contributed by atoms with E-state index in [4.69, 9.17) is 15.2 Å². The van der Waals surface area contributed by atoms with Crippen molar-refractivity contribution in [3.05, 3.63) is 35.9 Å². The van der Waals surface area contributed by atoms with Crippen LogP contribution in [0.4, 0.5) is 0 Å². The summed E-state index contributed by atoms with van der Waals surface area (Å²) in [6.45, 7) is 6.21. The zero-order valence-corrected chi connectivity index (χ0v) is 13.5. The van der Waals surface area contributed by atoms with Crippen LogP contribution >= 0.6 is 0 Å². The molecule has 0 saturated carbocycles. The van der Waals surface area contributed by atoms with Crippen molar-refractivity contribution in [2.75, 3.05) is 27.3 Å². The highest BCUT2D eigenvalue weighted by Gasteiger charge is 2.39. The van der Waals surface area contributed by atoms with Gasteiger partial charge in [-0.25, -0.2) is 0 Å². The Labute approximate surface area is 128 Å². The van der Waals surface area contributed by atoms with Crippen LogP contribution in [0.15, 0.2) is 30.3 Å². The van der Waals surface area contributed by atoms with E-state index in [1.165, 1.54) is 5.56 Å². The summed E-state index contributed by atoms with van der Waals surface area (Å²) in [4.78, 5) is 2.42.